The molecule has 1 heterocycles. The first-order valence-corrected chi connectivity index (χ1v) is 8.00. The van der Waals surface area contributed by atoms with Gasteiger partial charge in [-0.05, 0) is 43.4 Å². The maximum Gasteiger partial charge on any atom is 0.191 e. The Morgan fingerprint density at radius 2 is 2.05 bits per heavy atom. The number of rotatable bonds is 5. The summed E-state index contributed by atoms with van der Waals surface area (Å²) in [6.07, 6.45) is 2.45. The molecule has 1 fully saturated rings. The van der Waals surface area contributed by atoms with Crippen LogP contribution >= 0.6 is 11.8 Å². The fraction of sp³-hybridized carbons (Fsp3) is 0.467. The van der Waals surface area contributed by atoms with Gasteiger partial charge in [-0.1, -0.05) is 30.0 Å². The smallest absolute Gasteiger partial charge is 0.191 e. The third-order valence-corrected chi connectivity index (χ3v) is 4.78. The molecule has 0 aliphatic heterocycles. The van der Waals surface area contributed by atoms with Gasteiger partial charge < -0.3 is 10.3 Å². The van der Waals surface area contributed by atoms with E-state index in [9.17, 15) is 0 Å². The highest BCUT2D eigenvalue weighted by atomic mass is 32.2. The summed E-state index contributed by atoms with van der Waals surface area (Å²) in [7, 11) is 0. The first-order valence-electron chi connectivity index (χ1n) is 7.02. The molecule has 0 atom stereocenters. The topological polar surface area (TPSA) is 56.7 Å². The van der Waals surface area contributed by atoms with Gasteiger partial charge in [-0.15, -0.1) is 10.2 Å². The number of nitrogens with two attached hydrogens (primary N) is 1. The molecule has 0 radical (unpaired) electrons. The number of aromatic nitrogens is 3. The quantitative estimate of drug-likeness (QED) is 0.859. The number of hydrogen-bond donors (Lipinski definition) is 1. The molecule has 2 aromatic rings. The number of nitrogens with zero attached hydrogens (tertiary/aromatic N) is 3. The maximum atomic E-state index is 5.74. The SMILES string of the molecule is Cc1ccc(CSc2nnc(CN)n2C2CC2)cc1C. The van der Waals surface area contributed by atoms with Gasteiger partial charge in [0.15, 0.2) is 5.16 Å². The van der Waals surface area contributed by atoms with Crippen LogP contribution < -0.4 is 5.73 Å². The second kappa shape index (κ2) is 5.58. The summed E-state index contributed by atoms with van der Waals surface area (Å²) in [4.78, 5) is 0. The van der Waals surface area contributed by atoms with Crippen molar-refractivity contribution in [2.75, 3.05) is 0 Å². The Balaban J connectivity index is 1.75. The Labute approximate surface area is 123 Å². The molecule has 1 aliphatic rings. The van der Waals surface area contributed by atoms with Gasteiger partial charge in [0.25, 0.3) is 0 Å². The predicted octanol–water partition coefficient (Wildman–Crippen LogP) is 2.98. The number of hydrogen-bond acceptors (Lipinski definition) is 4. The van der Waals surface area contributed by atoms with Crippen molar-refractivity contribution >= 4 is 11.8 Å². The molecule has 106 valence electrons. The highest BCUT2D eigenvalue weighted by Crippen LogP contribution is 2.39. The first kappa shape index (κ1) is 13.6. The molecular formula is C15H20N4S. The molecule has 1 aliphatic carbocycles. The van der Waals surface area contributed by atoms with E-state index in [0.29, 0.717) is 12.6 Å². The van der Waals surface area contributed by atoms with Gasteiger partial charge in [0, 0.05) is 11.8 Å². The zero-order valence-corrected chi connectivity index (χ0v) is 12.8. The van der Waals surface area contributed by atoms with Gasteiger partial charge in [0.2, 0.25) is 0 Å². The number of aryl methyl sites for hydroxylation is 2. The van der Waals surface area contributed by atoms with Crippen LogP contribution in [0.3, 0.4) is 0 Å². The molecule has 1 aromatic heterocycles. The van der Waals surface area contributed by atoms with Crippen molar-refractivity contribution in [1.29, 1.82) is 0 Å². The Morgan fingerprint density at radius 1 is 1.25 bits per heavy atom. The van der Waals surface area contributed by atoms with Gasteiger partial charge >= 0.3 is 0 Å². The van der Waals surface area contributed by atoms with E-state index in [4.69, 9.17) is 5.73 Å². The average molecular weight is 288 g/mol. The summed E-state index contributed by atoms with van der Waals surface area (Å²) < 4.78 is 2.23. The van der Waals surface area contributed by atoms with Crippen LogP contribution in [0, 0.1) is 13.8 Å². The fourth-order valence-corrected chi connectivity index (χ4v) is 3.25. The lowest BCUT2D eigenvalue weighted by atomic mass is 10.1. The molecule has 1 saturated carbocycles. The van der Waals surface area contributed by atoms with Crippen LogP contribution in [0.15, 0.2) is 23.4 Å². The van der Waals surface area contributed by atoms with Crippen LogP contribution in [0.5, 0.6) is 0 Å². The van der Waals surface area contributed by atoms with Crippen LogP contribution in [0.1, 0.15) is 41.4 Å². The summed E-state index contributed by atoms with van der Waals surface area (Å²) in [5.74, 6) is 1.84. The van der Waals surface area contributed by atoms with Gasteiger partial charge in [0.1, 0.15) is 5.82 Å². The molecule has 3 rings (SSSR count). The van der Waals surface area contributed by atoms with E-state index in [0.717, 1.165) is 16.7 Å². The molecule has 0 unspecified atom stereocenters. The van der Waals surface area contributed by atoms with Gasteiger partial charge in [-0.2, -0.15) is 0 Å². The normalized spacial score (nSPS) is 14.8. The van der Waals surface area contributed by atoms with Crippen LogP contribution in [0.4, 0.5) is 0 Å². The zero-order valence-electron chi connectivity index (χ0n) is 12.0. The van der Waals surface area contributed by atoms with E-state index in [1.54, 1.807) is 11.8 Å². The van der Waals surface area contributed by atoms with Crippen molar-refractivity contribution in [3.8, 4) is 0 Å². The van der Waals surface area contributed by atoms with Crippen molar-refractivity contribution in [2.45, 2.75) is 50.2 Å². The minimum absolute atomic E-state index is 0.466. The van der Waals surface area contributed by atoms with Crippen LogP contribution in [-0.4, -0.2) is 14.8 Å². The Kier molecular flexibility index (Phi) is 3.81. The second-order valence-electron chi connectivity index (χ2n) is 5.41. The third-order valence-electron chi connectivity index (χ3n) is 3.77. The lowest BCUT2D eigenvalue weighted by Crippen LogP contribution is -2.08. The van der Waals surface area contributed by atoms with Crippen molar-refractivity contribution in [1.82, 2.24) is 14.8 Å². The molecule has 0 bridgehead atoms. The monoisotopic (exact) mass is 288 g/mol. The van der Waals surface area contributed by atoms with E-state index < -0.39 is 0 Å². The van der Waals surface area contributed by atoms with Crippen molar-refractivity contribution in [3.05, 3.63) is 40.7 Å². The highest BCUT2D eigenvalue weighted by molar-refractivity contribution is 7.98. The van der Waals surface area contributed by atoms with E-state index in [-0.39, 0.29) is 0 Å². The Morgan fingerprint density at radius 3 is 2.70 bits per heavy atom. The van der Waals surface area contributed by atoms with Crippen LogP contribution in [-0.2, 0) is 12.3 Å². The summed E-state index contributed by atoms with van der Waals surface area (Å²) >= 11 is 1.75. The average Bonchev–Trinajstić information content (AvgIpc) is 3.20. The van der Waals surface area contributed by atoms with Gasteiger partial charge in [-0.25, -0.2) is 0 Å². The Bertz CT molecular complexity index is 616. The lowest BCUT2D eigenvalue weighted by Gasteiger charge is -2.08. The molecule has 0 amide bonds. The Hall–Kier alpha value is -1.33. The summed E-state index contributed by atoms with van der Waals surface area (Å²) in [5, 5.41) is 9.51. The van der Waals surface area contributed by atoms with Crippen molar-refractivity contribution in [3.63, 3.8) is 0 Å². The second-order valence-corrected chi connectivity index (χ2v) is 6.35. The molecule has 0 spiro atoms. The van der Waals surface area contributed by atoms with Gasteiger partial charge in [0.05, 0.1) is 6.54 Å². The molecular weight excluding hydrogens is 268 g/mol. The van der Waals surface area contributed by atoms with Gasteiger partial charge in [-0.3, -0.25) is 0 Å². The summed E-state index contributed by atoms with van der Waals surface area (Å²) in [6, 6.07) is 7.20. The fourth-order valence-electron chi connectivity index (χ4n) is 2.29. The van der Waals surface area contributed by atoms with Crippen molar-refractivity contribution < 1.29 is 0 Å². The largest absolute Gasteiger partial charge is 0.324 e. The molecule has 5 heteroatoms. The van der Waals surface area contributed by atoms with E-state index in [1.807, 2.05) is 0 Å². The van der Waals surface area contributed by atoms with E-state index >= 15 is 0 Å². The summed E-state index contributed by atoms with van der Waals surface area (Å²) in [6.45, 7) is 4.76. The minimum atomic E-state index is 0.466. The molecule has 20 heavy (non-hydrogen) atoms. The van der Waals surface area contributed by atoms with E-state index in [2.05, 4.69) is 46.8 Å². The van der Waals surface area contributed by atoms with E-state index in [1.165, 1.54) is 29.5 Å². The lowest BCUT2D eigenvalue weighted by molar-refractivity contribution is 0.626. The molecule has 2 N–H and O–H groups in total. The minimum Gasteiger partial charge on any atom is -0.324 e. The molecule has 1 aromatic carbocycles. The molecule has 4 nitrogen and oxygen atoms in total. The first-order chi connectivity index (χ1) is 9.69. The van der Waals surface area contributed by atoms with Crippen LogP contribution in [0.2, 0.25) is 0 Å². The zero-order chi connectivity index (χ0) is 14.1. The third kappa shape index (κ3) is 2.74. The maximum absolute atomic E-state index is 5.74. The summed E-state index contributed by atoms with van der Waals surface area (Å²) in [5.41, 5.74) is 9.75. The highest BCUT2D eigenvalue weighted by Gasteiger charge is 2.29. The standard InChI is InChI=1S/C15H20N4S/c1-10-3-4-12(7-11(10)2)9-20-15-18-17-14(8-16)19(15)13-5-6-13/h3-4,7,13H,5-6,8-9,16H2,1-2H3. The van der Waals surface area contributed by atoms with Crippen LogP contribution in [0.25, 0.3) is 0 Å². The number of benzene rings is 1. The predicted molar refractivity (Wildman–Crippen MR) is 81.7 cm³/mol. The number of thioether (sulfide) groups is 1. The molecule has 0 saturated heterocycles. The van der Waals surface area contributed by atoms with Crippen molar-refractivity contribution in [2.24, 2.45) is 5.73 Å².